The van der Waals surface area contributed by atoms with Crippen LogP contribution >= 0.6 is 0 Å². The Kier molecular flexibility index (Phi) is 5.21. The molecule has 0 saturated carbocycles. The zero-order valence-electron chi connectivity index (χ0n) is 16.5. The maximum Gasteiger partial charge on any atom is 0.243 e. The lowest BCUT2D eigenvalue weighted by molar-refractivity contribution is -0.605. The monoisotopic (exact) mass is 383 g/mol. The van der Waals surface area contributed by atoms with Gasteiger partial charge in [-0.3, -0.25) is 25.5 Å². The summed E-state index contributed by atoms with van der Waals surface area (Å²) in [6.07, 6.45) is 0. The third kappa shape index (κ3) is 3.49. The van der Waals surface area contributed by atoms with Gasteiger partial charge in [0.25, 0.3) is 0 Å². The van der Waals surface area contributed by atoms with Crippen molar-refractivity contribution in [1.82, 2.24) is 5.32 Å². The highest BCUT2D eigenvalue weighted by atomic mass is 16.6. The predicted molar refractivity (Wildman–Crippen MR) is 106 cm³/mol. The van der Waals surface area contributed by atoms with Crippen LogP contribution in [0.25, 0.3) is 0 Å². The molecule has 1 fully saturated rings. The number of hydrogen-bond donors (Lipinski definition) is 1. The van der Waals surface area contributed by atoms with Crippen molar-refractivity contribution in [1.29, 1.82) is 0 Å². The number of nitrogens with one attached hydrogen (secondary N) is 1. The fourth-order valence-corrected chi connectivity index (χ4v) is 4.30. The highest BCUT2D eigenvalue weighted by Crippen LogP contribution is 2.46. The highest BCUT2D eigenvalue weighted by molar-refractivity contribution is 5.31. The van der Waals surface area contributed by atoms with E-state index in [1.54, 1.807) is 13.8 Å². The van der Waals surface area contributed by atoms with Gasteiger partial charge in [0.1, 0.15) is 17.5 Å². The molecule has 0 amide bonds. The SMILES string of the molecule is Cc1ccc([C@@H]2N[C@@H](c3ccc(C)cc3)[C@@H]([N+](=O)[O-])C(C)(C)[C@@H]2[N+](=O)[O-])cc1. The second-order valence-corrected chi connectivity index (χ2v) is 8.23. The molecule has 0 spiro atoms. The van der Waals surface area contributed by atoms with Crippen molar-refractivity contribution < 1.29 is 9.85 Å². The van der Waals surface area contributed by atoms with E-state index < -0.39 is 29.6 Å². The van der Waals surface area contributed by atoms with Crippen LogP contribution in [0.1, 0.15) is 48.2 Å². The summed E-state index contributed by atoms with van der Waals surface area (Å²) in [5.74, 6) is 0. The van der Waals surface area contributed by atoms with Gasteiger partial charge in [0.2, 0.25) is 12.1 Å². The molecule has 7 heteroatoms. The second-order valence-electron chi connectivity index (χ2n) is 8.23. The van der Waals surface area contributed by atoms with Crippen molar-refractivity contribution in [3.63, 3.8) is 0 Å². The minimum Gasteiger partial charge on any atom is -0.291 e. The number of benzene rings is 2. The van der Waals surface area contributed by atoms with Gasteiger partial charge in [-0.1, -0.05) is 59.7 Å². The van der Waals surface area contributed by atoms with Crippen LogP contribution in [0.5, 0.6) is 0 Å². The summed E-state index contributed by atoms with van der Waals surface area (Å²) < 4.78 is 0. The van der Waals surface area contributed by atoms with E-state index in [4.69, 9.17) is 0 Å². The van der Waals surface area contributed by atoms with E-state index in [2.05, 4.69) is 5.32 Å². The van der Waals surface area contributed by atoms with Crippen LogP contribution < -0.4 is 5.32 Å². The van der Waals surface area contributed by atoms with E-state index >= 15 is 0 Å². The molecule has 1 aliphatic rings. The summed E-state index contributed by atoms with van der Waals surface area (Å²) in [5, 5.41) is 27.3. The van der Waals surface area contributed by atoms with Gasteiger partial charge >= 0.3 is 0 Å². The lowest BCUT2D eigenvalue weighted by Crippen LogP contribution is -2.63. The molecular formula is C21H25N3O4. The Balaban J connectivity index is 2.14. The van der Waals surface area contributed by atoms with E-state index in [0.717, 1.165) is 22.3 Å². The Labute approximate surface area is 164 Å². The Bertz CT molecular complexity index is 806. The number of rotatable bonds is 4. The maximum absolute atomic E-state index is 12.0. The first-order chi connectivity index (χ1) is 13.1. The average Bonchev–Trinajstić information content (AvgIpc) is 2.60. The summed E-state index contributed by atoms with van der Waals surface area (Å²) in [4.78, 5) is 23.3. The lowest BCUT2D eigenvalue weighted by atomic mass is 9.66. The highest BCUT2D eigenvalue weighted by Gasteiger charge is 2.62. The van der Waals surface area contributed by atoms with Crippen LogP contribution in [0.3, 0.4) is 0 Å². The number of hydrogen-bond acceptors (Lipinski definition) is 5. The van der Waals surface area contributed by atoms with Crippen molar-refractivity contribution in [2.24, 2.45) is 5.41 Å². The predicted octanol–water partition coefficient (Wildman–Crippen LogP) is 4.01. The number of piperidine rings is 1. The average molecular weight is 383 g/mol. The molecule has 7 nitrogen and oxygen atoms in total. The summed E-state index contributed by atoms with van der Waals surface area (Å²) in [5.41, 5.74) is 2.46. The molecule has 28 heavy (non-hydrogen) atoms. The van der Waals surface area contributed by atoms with Crippen molar-refractivity contribution >= 4 is 0 Å². The molecule has 2 aromatic rings. The Hall–Kier alpha value is -2.80. The fraction of sp³-hybridized carbons (Fsp3) is 0.429. The molecule has 1 N–H and O–H groups in total. The van der Waals surface area contributed by atoms with Crippen LogP contribution in [0.15, 0.2) is 48.5 Å². The van der Waals surface area contributed by atoms with E-state index in [-0.39, 0.29) is 9.85 Å². The maximum atomic E-state index is 12.0. The van der Waals surface area contributed by atoms with Crippen molar-refractivity contribution in [3.8, 4) is 0 Å². The van der Waals surface area contributed by atoms with E-state index in [1.807, 2.05) is 62.4 Å². The normalized spacial score (nSPS) is 26.6. The standard InChI is InChI=1S/C21H25N3O4/c1-13-5-9-15(10-6-13)17-19(23(25)26)21(3,4)20(24(27)28)18(22-17)16-11-7-14(2)8-12-16/h5-12,17-20,22H,1-4H3/t17-,18-,19+,20+/m0/s1. The summed E-state index contributed by atoms with van der Waals surface area (Å²) in [7, 11) is 0. The number of nitrogens with zero attached hydrogens (tertiary/aromatic N) is 2. The largest absolute Gasteiger partial charge is 0.291 e. The molecule has 0 unspecified atom stereocenters. The van der Waals surface area contributed by atoms with Gasteiger partial charge in [0.15, 0.2) is 0 Å². The molecule has 0 bridgehead atoms. The Morgan fingerprint density at radius 2 is 1.07 bits per heavy atom. The van der Waals surface area contributed by atoms with Gasteiger partial charge in [-0.05, 0) is 38.8 Å². The molecule has 0 aromatic heterocycles. The van der Waals surface area contributed by atoms with E-state index in [0.29, 0.717) is 0 Å². The molecule has 1 heterocycles. The zero-order valence-corrected chi connectivity index (χ0v) is 16.5. The smallest absolute Gasteiger partial charge is 0.243 e. The molecule has 3 rings (SSSR count). The Morgan fingerprint density at radius 3 is 1.36 bits per heavy atom. The van der Waals surface area contributed by atoms with Gasteiger partial charge in [-0.15, -0.1) is 0 Å². The van der Waals surface area contributed by atoms with Gasteiger partial charge in [-0.25, -0.2) is 0 Å². The molecule has 148 valence electrons. The fourth-order valence-electron chi connectivity index (χ4n) is 4.30. The molecule has 4 atom stereocenters. The summed E-state index contributed by atoms with van der Waals surface area (Å²) in [6.45, 7) is 7.17. The van der Waals surface area contributed by atoms with Crippen LogP contribution in [0.2, 0.25) is 0 Å². The topological polar surface area (TPSA) is 98.3 Å². The lowest BCUT2D eigenvalue weighted by Gasteiger charge is -2.44. The molecule has 2 aromatic carbocycles. The van der Waals surface area contributed by atoms with Gasteiger partial charge in [0, 0.05) is 9.85 Å². The van der Waals surface area contributed by atoms with Crippen LogP contribution in [0.4, 0.5) is 0 Å². The minimum absolute atomic E-state index is 0.376. The molecule has 1 aliphatic heterocycles. The number of nitro groups is 2. The Morgan fingerprint density at radius 1 is 0.750 bits per heavy atom. The van der Waals surface area contributed by atoms with Crippen molar-refractivity contribution in [3.05, 3.63) is 91.0 Å². The minimum atomic E-state index is -1.16. The van der Waals surface area contributed by atoms with Gasteiger partial charge < -0.3 is 0 Å². The first-order valence-corrected chi connectivity index (χ1v) is 9.29. The van der Waals surface area contributed by atoms with Gasteiger partial charge in [0.05, 0.1) is 0 Å². The molecular weight excluding hydrogens is 358 g/mol. The second kappa shape index (κ2) is 7.31. The van der Waals surface area contributed by atoms with Crippen LogP contribution in [0, 0.1) is 39.5 Å². The molecule has 0 aliphatic carbocycles. The quantitative estimate of drug-likeness (QED) is 0.635. The zero-order chi connectivity index (χ0) is 20.6. The number of aryl methyl sites for hydroxylation is 2. The van der Waals surface area contributed by atoms with Crippen molar-refractivity contribution in [2.45, 2.75) is 51.9 Å². The summed E-state index contributed by atoms with van der Waals surface area (Å²) in [6, 6.07) is 11.5. The van der Waals surface area contributed by atoms with Crippen molar-refractivity contribution in [2.75, 3.05) is 0 Å². The summed E-state index contributed by atoms with van der Waals surface area (Å²) >= 11 is 0. The molecule has 0 radical (unpaired) electrons. The third-order valence-electron chi connectivity index (χ3n) is 5.84. The first-order valence-electron chi connectivity index (χ1n) is 9.29. The first kappa shape index (κ1) is 19.9. The third-order valence-corrected chi connectivity index (χ3v) is 5.84. The van der Waals surface area contributed by atoms with E-state index in [9.17, 15) is 20.2 Å². The van der Waals surface area contributed by atoms with Crippen LogP contribution in [-0.4, -0.2) is 21.9 Å². The van der Waals surface area contributed by atoms with Crippen LogP contribution in [-0.2, 0) is 0 Å². The van der Waals surface area contributed by atoms with E-state index in [1.165, 1.54) is 0 Å². The molecule has 1 saturated heterocycles. The van der Waals surface area contributed by atoms with Gasteiger partial charge in [-0.2, -0.15) is 0 Å².